The number of hydrazine groups is 1. The van der Waals surface area contributed by atoms with E-state index >= 15 is 0 Å². The highest BCUT2D eigenvalue weighted by atomic mass is 79.9. The molecule has 0 aliphatic carbocycles. The Labute approximate surface area is 130 Å². The maximum Gasteiger partial charge on any atom is 0.0471 e. The van der Waals surface area contributed by atoms with Gasteiger partial charge in [-0.3, -0.25) is 11.3 Å². The van der Waals surface area contributed by atoms with Gasteiger partial charge < -0.3 is 0 Å². The van der Waals surface area contributed by atoms with Gasteiger partial charge in [0.25, 0.3) is 0 Å². The lowest BCUT2D eigenvalue weighted by molar-refractivity contribution is 0.476. The highest BCUT2D eigenvalue weighted by Gasteiger charge is 2.12. The normalized spacial score (nSPS) is 12.6. The van der Waals surface area contributed by atoms with Gasteiger partial charge in [0.2, 0.25) is 0 Å². The van der Waals surface area contributed by atoms with E-state index in [0.717, 1.165) is 15.9 Å². The number of hydrogen-bond acceptors (Lipinski definition) is 2. The van der Waals surface area contributed by atoms with Crippen molar-refractivity contribution in [3.63, 3.8) is 0 Å². The van der Waals surface area contributed by atoms with Gasteiger partial charge in [-0.15, -0.1) is 0 Å². The Hall–Kier alpha value is -0.0900. The van der Waals surface area contributed by atoms with Crippen molar-refractivity contribution in [1.82, 2.24) is 5.43 Å². The van der Waals surface area contributed by atoms with Crippen LogP contribution in [0, 0.1) is 0 Å². The fourth-order valence-electron chi connectivity index (χ4n) is 2.24. The standard InChI is InChI=1S/C15H24BrClN2/c1-2-3-4-5-6-7-8-15(19-18)13-10-9-12(17)11-14(13)16/h9-11,15,19H,2-8,18H2,1H3. The smallest absolute Gasteiger partial charge is 0.0471 e. The quantitative estimate of drug-likeness (QED) is 0.358. The molecular formula is C15H24BrClN2. The molecule has 1 aromatic carbocycles. The lowest BCUT2D eigenvalue weighted by Crippen LogP contribution is -2.28. The Balaban J connectivity index is 2.40. The molecule has 0 aliphatic heterocycles. The van der Waals surface area contributed by atoms with E-state index in [1.807, 2.05) is 18.2 Å². The number of halogens is 2. The molecule has 0 bridgehead atoms. The zero-order chi connectivity index (χ0) is 14.1. The van der Waals surface area contributed by atoms with Crippen molar-refractivity contribution in [2.75, 3.05) is 0 Å². The second kappa shape index (κ2) is 9.76. The van der Waals surface area contributed by atoms with Gasteiger partial charge in [0.05, 0.1) is 0 Å². The monoisotopic (exact) mass is 346 g/mol. The number of rotatable bonds is 9. The molecule has 108 valence electrons. The molecule has 0 radical (unpaired) electrons. The summed E-state index contributed by atoms with van der Waals surface area (Å²) in [5.74, 6) is 5.67. The summed E-state index contributed by atoms with van der Waals surface area (Å²) in [5.41, 5.74) is 4.09. The van der Waals surface area contributed by atoms with E-state index in [9.17, 15) is 0 Å². The molecule has 0 fully saturated rings. The fraction of sp³-hybridized carbons (Fsp3) is 0.600. The summed E-state index contributed by atoms with van der Waals surface area (Å²) in [6.07, 6.45) is 8.86. The summed E-state index contributed by atoms with van der Waals surface area (Å²) in [5, 5.41) is 0.742. The van der Waals surface area contributed by atoms with Gasteiger partial charge in [0.1, 0.15) is 0 Å². The van der Waals surface area contributed by atoms with E-state index < -0.39 is 0 Å². The van der Waals surface area contributed by atoms with Crippen LogP contribution in [0.25, 0.3) is 0 Å². The number of hydrogen-bond donors (Lipinski definition) is 2. The average molecular weight is 348 g/mol. The zero-order valence-corrected chi connectivity index (χ0v) is 13.9. The Kier molecular flexibility index (Phi) is 8.71. The molecule has 1 unspecified atom stereocenters. The minimum Gasteiger partial charge on any atom is -0.271 e. The minimum absolute atomic E-state index is 0.192. The van der Waals surface area contributed by atoms with Crippen LogP contribution >= 0.6 is 27.5 Å². The summed E-state index contributed by atoms with van der Waals surface area (Å²) < 4.78 is 1.02. The Morgan fingerprint density at radius 2 is 1.89 bits per heavy atom. The highest BCUT2D eigenvalue weighted by molar-refractivity contribution is 9.10. The van der Waals surface area contributed by atoms with Crippen molar-refractivity contribution in [2.24, 2.45) is 5.84 Å². The predicted molar refractivity (Wildman–Crippen MR) is 87.2 cm³/mol. The first-order chi connectivity index (χ1) is 9.19. The summed E-state index contributed by atoms with van der Waals surface area (Å²) in [7, 11) is 0. The van der Waals surface area contributed by atoms with Crippen molar-refractivity contribution < 1.29 is 0 Å². The molecule has 0 aliphatic rings. The molecule has 0 heterocycles. The molecule has 1 rings (SSSR count). The summed E-state index contributed by atoms with van der Waals surface area (Å²) in [6, 6.07) is 6.06. The van der Waals surface area contributed by atoms with Gasteiger partial charge in [-0.2, -0.15) is 0 Å². The zero-order valence-electron chi connectivity index (χ0n) is 11.6. The highest BCUT2D eigenvalue weighted by Crippen LogP contribution is 2.29. The van der Waals surface area contributed by atoms with E-state index in [1.165, 1.54) is 44.1 Å². The Bertz CT molecular complexity index is 371. The average Bonchev–Trinajstić information content (AvgIpc) is 2.39. The van der Waals surface area contributed by atoms with Crippen LogP contribution in [0.2, 0.25) is 5.02 Å². The molecule has 4 heteroatoms. The van der Waals surface area contributed by atoms with Crippen LogP contribution in [0.4, 0.5) is 0 Å². The van der Waals surface area contributed by atoms with Crippen molar-refractivity contribution in [3.8, 4) is 0 Å². The third-order valence-electron chi connectivity index (χ3n) is 3.39. The van der Waals surface area contributed by atoms with Crippen molar-refractivity contribution >= 4 is 27.5 Å². The molecule has 0 aromatic heterocycles. The Morgan fingerprint density at radius 1 is 1.21 bits per heavy atom. The van der Waals surface area contributed by atoms with Crippen molar-refractivity contribution in [2.45, 2.75) is 57.9 Å². The maximum atomic E-state index is 5.96. The molecule has 0 amide bonds. The maximum absolute atomic E-state index is 5.96. The van der Waals surface area contributed by atoms with Gasteiger partial charge in [-0.25, -0.2) is 0 Å². The Morgan fingerprint density at radius 3 is 2.53 bits per heavy atom. The molecule has 3 N–H and O–H groups in total. The first kappa shape index (κ1) is 17.0. The van der Waals surface area contributed by atoms with Crippen LogP contribution in [-0.4, -0.2) is 0 Å². The van der Waals surface area contributed by atoms with E-state index in [4.69, 9.17) is 17.4 Å². The number of unbranched alkanes of at least 4 members (excludes halogenated alkanes) is 5. The summed E-state index contributed by atoms with van der Waals surface area (Å²) in [6.45, 7) is 2.24. The molecule has 19 heavy (non-hydrogen) atoms. The largest absolute Gasteiger partial charge is 0.271 e. The van der Waals surface area contributed by atoms with Crippen LogP contribution in [0.5, 0.6) is 0 Å². The fourth-order valence-corrected chi connectivity index (χ4v) is 3.20. The number of nitrogens with one attached hydrogen (secondary N) is 1. The van der Waals surface area contributed by atoms with E-state index in [1.54, 1.807) is 0 Å². The SMILES string of the molecule is CCCCCCCCC(NN)c1ccc(Cl)cc1Br. The van der Waals surface area contributed by atoms with Crippen LogP contribution < -0.4 is 11.3 Å². The van der Waals surface area contributed by atoms with Crippen molar-refractivity contribution in [1.29, 1.82) is 0 Å². The van der Waals surface area contributed by atoms with Gasteiger partial charge in [0, 0.05) is 15.5 Å². The molecule has 0 saturated heterocycles. The van der Waals surface area contributed by atoms with Gasteiger partial charge in [-0.05, 0) is 24.1 Å². The molecule has 1 atom stereocenters. The predicted octanol–water partition coefficient (Wildman–Crippen LogP) is 5.36. The van der Waals surface area contributed by atoms with Crippen LogP contribution in [-0.2, 0) is 0 Å². The molecular weight excluding hydrogens is 324 g/mol. The van der Waals surface area contributed by atoms with Crippen LogP contribution in [0.15, 0.2) is 22.7 Å². The lowest BCUT2D eigenvalue weighted by atomic mass is 10.00. The molecule has 2 nitrogen and oxygen atoms in total. The minimum atomic E-state index is 0.192. The third-order valence-corrected chi connectivity index (χ3v) is 4.31. The topological polar surface area (TPSA) is 38.0 Å². The molecule has 0 spiro atoms. The van der Waals surface area contributed by atoms with Crippen LogP contribution in [0.1, 0.15) is 63.5 Å². The first-order valence-corrected chi connectivity index (χ1v) is 8.27. The van der Waals surface area contributed by atoms with E-state index in [-0.39, 0.29) is 6.04 Å². The first-order valence-electron chi connectivity index (χ1n) is 7.10. The summed E-state index contributed by atoms with van der Waals surface area (Å²) in [4.78, 5) is 0. The van der Waals surface area contributed by atoms with Gasteiger partial charge >= 0.3 is 0 Å². The molecule has 1 aromatic rings. The second-order valence-corrected chi connectivity index (χ2v) is 6.23. The summed E-state index contributed by atoms with van der Waals surface area (Å²) >= 11 is 9.51. The number of nitrogens with two attached hydrogens (primary N) is 1. The molecule has 0 saturated carbocycles. The number of benzene rings is 1. The van der Waals surface area contributed by atoms with Crippen LogP contribution in [0.3, 0.4) is 0 Å². The second-order valence-electron chi connectivity index (χ2n) is 4.94. The van der Waals surface area contributed by atoms with Crippen molar-refractivity contribution in [3.05, 3.63) is 33.3 Å². The van der Waals surface area contributed by atoms with Gasteiger partial charge in [0.15, 0.2) is 0 Å². The third kappa shape index (κ3) is 6.26. The van der Waals surface area contributed by atoms with Gasteiger partial charge in [-0.1, -0.05) is 79.0 Å². The lowest BCUT2D eigenvalue weighted by Gasteiger charge is -2.18. The van der Waals surface area contributed by atoms with E-state index in [2.05, 4.69) is 28.3 Å². The van der Waals surface area contributed by atoms with E-state index in [0.29, 0.717) is 0 Å².